The van der Waals surface area contributed by atoms with Crippen LogP contribution in [0.4, 0.5) is 0 Å². The fourth-order valence-corrected chi connectivity index (χ4v) is 3.36. The maximum atomic E-state index is 11.2. The number of aryl methyl sites for hydroxylation is 2. The minimum atomic E-state index is 0.454. The molecule has 0 aliphatic heterocycles. The van der Waals surface area contributed by atoms with Gasteiger partial charge < -0.3 is 5.32 Å². The van der Waals surface area contributed by atoms with Gasteiger partial charge in [-0.3, -0.25) is 4.79 Å². The third-order valence-corrected chi connectivity index (χ3v) is 4.59. The molecular formula is C17H23NO. The van der Waals surface area contributed by atoms with Crippen LogP contribution in [0.1, 0.15) is 48.8 Å². The van der Waals surface area contributed by atoms with E-state index in [0.29, 0.717) is 11.7 Å². The molecule has 2 heteroatoms. The summed E-state index contributed by atoms with van der Waals surface area (Å²) in [4.78, 5) is 11.2. The normalized spacial score (nSPS) is 19.7. The number of Topliss-reactive ketones (excluding diaryl/α,β-unsaturated/α-hetero) is 1. The first-order valence-electron chi connectivity index (χ1n) is 7.64. The van der Waals surface area contributed by atoms with Crippen molar-refractivity contribution in [1.82, 2.24) is 5.32 Å². The lowest BCUT2D eigenvalue weighted by molar-refractivity contribution is -0.120. The first kappa shape index (κ1) is 12.9. The molecule has 102 valence electrons. The second-order valence-electron chi connectivity index (χ2n) is 6.07. The van der Waals surface area contributed by atoms with Gasteiger partial charge in [0, 0.05) is 19.4 Å². The molecule has 2 nitrogen and oxygen atoms in total. The number of hydrogen-bond donors (Lipinski definition) is 1. The van der Waals surface area contributed by atoms with Gasteiger partial charge in [0.1, 0.15) is 5.78 Å². The van der Waals surface area contributed by atoms with Crippen LogP contribution in [0.25, 0.3) is 0 Å². The Morgan fingerprint density at radius 2 is 1.84 bits per heavy atom. The van der Waals surface area contributed by atoms with Crippen molar-refractivity contribution < 1.29 is 4.79 Å². The van der Waals surface area contributed by atoms with Gasteiger partial charge in [-0.2, -0.15) is 0 Å². The number of hydrogen-bond acceptors (Lipinski definition) is 2. The Hall–Kier alpha value is -1.15. The van der Waals surface area contributed by atoms with Crippen molar-refractivity contribution in [2.75, 3.05) is 6.54 Å². The van der Waals surface area contributed by atoms with Crippen molar-refractivity contribution in [3.8, 4) is 0 Å². The molecule has 0 radical (unpaired) electrons. The minimum absolute atomic E-state index is 0.454. The summed E-state index contributed by atoms with van der Waals surface area (Å²) in [6, 6.07) is 6.94. The van der Waals surface area contributed by atoms with E-state index in [9.17, 15) is 4.79 Å². The zero-order valence-corrected chi connectivity index (χ0v) is 11.6. The largest absolute Gasteiger partial charge is 0.312 e. The number of rotatable bonds is 4. The Bertz CT molecular complexity index is 456. The van der Waals surface area contributed by atoms with Gasteiger partial charge in [-0.25, -0.2) is 0 Å². The predicted octanol–water partition coefficient (Wildman–Crippen LogP) is 3.02. The highest BCUT2D eigenvalue weighted by molar-refractivity contribution is 5.79. The van der Waals surface area contributed by atoms with Crippen molar-refractivity contribution in [2.24, 2.45) is 5.92 Å². The number of fused-ring (bicyclic) bond motifs is 1. The Morgan fingerprint density at radius 1 is 1.05 bits per heavy atom. The molecule has 1 saturated carbocycles. The van der Waals surface area contributed by atoms with Gasteiger partial charge in [-0.1, -0.05) is 18.2 Å². The molecule has 1 fully saturated rings. The maximum absolute atomic E-state index is 11.2. The molecule has 0 heterocycles. The van der Waals surface area contributed by atoms with E-state index in [1.165, 1.54) is 24.8 Å². The average Bonchev–Trinajstić information content (AvgIpc) is 2.88. The molecule has 0 bridgehead atoms. The molecule has 2 aliphatic carbocycles. The summed E-state index contributed by atoms with van der Waals surface area (Å²) in [6.45, 7) is 2.03. The van der Waals surface area contributed by atoms with Gasteiger partial charge in [0.2, 0.25) is 0 Å². The van der Waals surface area contributed by atoms with Crippen LogP contribution < -0.4 is 5.32 Å². The number of nitrogens with one attached hydrogen (secondary N) is 1. The molecule has 0 amide bonds. The molecule has 19 heavy (non-hydrogen) atoms. The SMILES string of the molecule is O=C1CCC(CNCc2ccc3c(c2)CCC3)CC1. The van der Waals surface area contributed by atoms with Crippen LogP contribution in [0.15, 0.2) is 18.2 Å². The summed E-state index contributed by atoms with van der Waals surface area (Å²) < 4.78 is 0. The van der Waals surface area contributed by atoms with E-state index in [4.69, 9.17) is 0 Å². The third-order valence-electron chi connectivity index (χ3n) is 4.59. The summed E-state index contributed by atoms with van der Waals surface area (Å²) in [5.41, 5.74) is 4.52. The quantitative estimate of drug-likeness (QED) is 0.898. The molecule has 0 saturated heterocycles. The molecule has 1 N–H and O–H groups in total. The highest BCUT2D eigenvalue weighted by Gasteiger charge is 2.18. The van der Waals surface area contributed by atoms with Crippen molar-refractivity contribution >= 4 is 5.78 Å². The molecule has 0 aromatic heterocycles. The molecule has 0 atom stereocenters. The molecule has 2 aliphatic rings. The fraction of sp³-hybridized carbons (Fsp3) is 0.588. The second-order valence-corrected chi connectivity index (χ2v) is 6.07. The first-order valence-corrected chi connectivity index (χ1v) is 7.64. The Balaban J connectivity index is 1.46. The molecule has 0 unspecified atom stereocenters. The van der Waals surface area contributed by atoms with Gasteiger partial charge in [0.05, 0.1) is 0 Å². The zero-order chi connectivity index (χ0) is 13.1. The standard InChI is InChI=1S/C17H23NO/c19-17-8-5-13(6-9-17)11-18-12-14-4-7-15-2-1-3-16(15)10-14/h4,7,10,13,18H,1-3,5-6,8-9,11-12H2. The lowest BCUT2D eigenvalue weighted by atomic mass is 9.88. The maximum Gasteiger partial charge on any atom is 0.132 e. The predicted molar refractivity (Wildman–Crippen MR) is 77.1 cm³/mol. The lowest BCUT2D eigenvalue weighted by Gasteiger charge is -2.21. The lowest BCUT2D eigenvalue weighted by Crippen LogP contribution is -2.26. The topological polar surface area (TPSA) is 29.1 Å². The van der Waals surface area contributed by atoms with Crippen molar-refractivity contribution in [3.63, 3.8) is 0 Å². The van der Waals surface area contributed by atoms with Crippen molar-refractivity contribution in [1.29, 1.82) is 0 Å². The van der Waals surface area contributed by atoms with E-state index in [0.717, 1.165) is 38.8 Å². The van der Waals surface area contributed by atoms with E-state index in [1.54, 1.807) is 11.1 Å². The van der Waals surface area contributed by atoms with Crippen LogP contribution in [-0.4, -0.2) is 12.3 Å². The summed E-state index contributed by atoms with van der Waals surface area (Å²) in [5.74, 6) is 1.15. The van der Waals surface area contributed by atoms with Crippen LogP contribution in [-0.2, 0) is 24.2 Å². The number of ketones is 1. The van der Waals surface area contributed by atoms with E-state index in [1.807, 2.05) is 0 Å². The van der Waals surface area contributed by atoms with Crippen molar-refractivity contribution in [2.45, 2.75) is 51.5 Å². The summed E-state index contributed by atoms with van der Waals surface area (Å²) >= 11 is 0. The van der Waals surface area contributed by atoms with Crippen LogP contribution in [0.5, 0.6) is 0 Å². The van der Waals surface area contributed by atoms with Crippen LogP contribution in [0, 0.1) is 5.92 Å². The average molecular weight is 257 g/mol. The molecule has 0 spiro atoms. The molecular weight excluding hydrogens is 234 g/mol. The first-order chi connectivity index (χ1) is 9.31. The smallest absolute Gasteiger partial charge is 0.132 e. The third kappa shape index (κ3) is 3.24. The number of carbonyl (C=O) groups excluding carboxylic acids is 1. The summed E-state index contributed by atoms with van der Waals surface area (Å²) in [7, 11) is 0. The minimum Gasteiger partial charge on any atom is -0.312 e. The zero-order valence-electron chi connectivity index (χ0n) is 11.6. The second kappa shape index (κ2) is 5.87. The number of benzene rings is 1. The van der Waals surface area contributed by atoms with Gasteiger partial charge in [-0.05, 0) is 61.3 Å². The monoisotopic (exact) mass is 257 g/mol. The molecule has 3 rings (SSSR count). The van der Waals surface area contributed by atoms with E-state index in [-0.39, 0.29) is 0 Å². The van der Waals surface area contributed by atoms with E-state index < -0.39 is 0 Å². The van der Waals surface area contributed by atoms with Gasteiger partial charge in [0.15, 0.2) is 0 Å². The Labute approximate surface area is 115 Å². The van der Waals surface area contributed by atoms with Gasteiger partial charge in [-0.15, -0.1) is 0 Å². The van der Waals surface area contributed by atoms with Crippen LogP contribution >= 0.6 is 0 Å². The molecule has 1 aromatic carbocycles. The highest BCUT2D eigenvalue weighted by Crippen LogP contribution is 2.23. The van der Waals surface area contributed by atoms with E-state index >= 15 is 0 Å². The number of carbonyl (C=O) groups is 1. The van der Waals surface area contributed by atoms with Crippen molar-refractivity contribution in [3.05, 3.63) is 34.9 Å². The fourth-order valence-electron chi connectivity index (χ4n) is 3.36. The summed E-state index contributed by atoms with van der Waals surface area (Å²) in [5, 5.41) is 3.57. The van der Waals surface area contributed by atoms with E-state index in [2.05, 4.69) is 23.5 Å². The highest BCUT2D eigenvalue weighted by atomic mass is 16.1. The Kier molecular flexibility index (Phi) is 3.97. The van der Waals surface area contributed by atoms with Gasteiger partial charge >= 0.3 is 0 Å². The van der Waals surface area contributed by atoms with Crippen LogP contribution in [0.3, 0.4) is 0 Å². The summed E-state index contributed by atoms with van der Waals surface area (Å²) in [6.07, 6.45) is 7.60. The molecule has 1 aromatic rings. The Morgan fingerprint density at radius 3 is 2.68 bits per heavy atom. The van der Waals surface area contributed by atoms with Crippen LogP contribution in [0.2, 0.25) is 0 Å². The van der Waals surface area contributed by atoms with Gasteiger partial charge in [0.25, 0.3) is 0 Å².